The zero-order chi connectivity index (χ0) is 20.2. The van der Waals surface area contributed by atoms with Gasteiger partial charge in [0, 0.05) is 17.2 Å². The molecular weight excluding hydrogens is 348 g/mol. The summed E-state index contributed by atoms with van der Waals surface area (Å²) in [5, 5.41) is 10.4. The Morgan fingerprint density at radius 1 is 0.893 bits per heavy atom. The van der Waals surface area contributed by atoms with Gasteiger partial charge in [0.1, 0.15) is 0 Å². The Morgan fingerprint density at radius 3 is 1.93 bits per heavy atom. The van der Waals surface area contributed by atoms with E-state index in [0.717, 1.165) is 46.8 Å². The van der Waals surface area contributed by atoms with Gasteiger partial charge >= 0.3 is 5.97 Å². The number of benzene rings is 2. The van der Waals surface area contributed by atoms with Crippen LogP contribution in [0.25, 0.3) is 21.8 Å². The lowest BCUT2D eigenvalue weighted by Crippen LogP contribution is -1.93. The number of carbonyl (C=O) groups is 1. The highest BCUT2D eigenvalue weighted by atomic mass is 16.4. The minimum Gasteiger partial charge on any atom is -0.481 e. The number of rotatable bonds is 9. The van der Waals surface area contributed by atoms with Crippen LogP contribution in [0.1, 0.15) is 51.4 Å². The number of carboxylic acids is 1. The van der Waals surface area contributed by atoms with Gasteiger partial charge in [-0.2, -0.15) is 0 Å². The molecule has 28 heavy (non-hydrogen) atoms. The fourth-order valence-electron chi connectivity index (χ4n) is 3.14. The van der Waals surface area contributed by atoms with Crippen LogP contribution in [0.5, 0.6) is 0 Å². The van der Waals surface area contributed by atoms with Crippen molar-refractivity contribution < 1.29 is 9.90 Å². The molecule has 4 heteroatoms. The first kappa shape index (κ1) is 21.4. The molecule has 3 rings (SSSR count). The summed E-state index contributed by atoms with van der Waals surface area (Å²) in [6.45, 7) is 3.66. The average molecular weight is 379 g/mol. The summed E-state index contributed by atoms with van der Waals surface area (Å²) >= 11 is 0. The molecule has 4 nitrogen and oxygen atoms in total. The van der Waals surface area contributed by atoms with E-state index in [4.69, 9.17) is 10.8 Å². The lowest BCUT2D eigenvalue weighted by molar-refractivity contribution is -0.137. The number of aromatic nitrogens is 1. The fourth-order valence-corrected chi connectivity index (χ4v) is 3.14. The molecule has 0 fully saturated rings. The molecule has 1 heterocycles. The molecule has 1 aromatic heterocycles. The molecule has 0 unspecified atom stereocenters. The minimum atomic E-state index is -0.674. The van der Waals surface area contributed by atoms with Crippen molar-refractivity contribution >= 4 is 33.5 Å². The minimum absolute atomic E-state index is 0.326. The highest BCUT2D eigenvalue weighted by Crippen LogP contribution is 2.27. The van der Waals surface area contributed by atoms with Crippen molar-refractivity contribution in [1.82, 2.24) is 4.98 Å². The van der Waals surface area contributed by atoms with Crippen molar-refractivity contribution in [3.05, 3.63) is 61.2 Å². The maximum absolute atomic E-state index is 10.2. The van der Waals surface area contributed by atoms with E-state index in [1.165, 1.54) is 25.7 Å². The number of aliphatic carboxylic acids is 1. The molecule has 2 aromatic carbocycles. The van der Waals surface area contributed by atoms with Gasteiger partial charge in [-0.1, -0.05) is 68.2 Å². The van der Waals surface area contributed by atoms with Crippen LogP contribution >= 0.6 is 0 Å². The Hall–Kier alpha value is -2.88. The van der Waals surface area contributed by atoms with Crippen LogP contribution in [0.3, 0.4) is 0 Å². The first-order chi connectivity index (χ1) is 13.6. The molecule has 148 valence electrons. The van der Waals surface area contributed by atoms with Gasteiger partial charge in [0.05, 0.1) is 16.7 Å². The van der Waals surface area contributed by atoms with Crippen molar-refractivity contribution in [3.8, 4) is 0 Å². The normalized spacial score (nSPS) is 10.4. The smallest absolute Gasteiger partial charge is 0.303 e. The van der Waals surface area contributed by atoms with Gasteiger partial charge in [0.25, 0.3) is 0 Å². The number of fused-ring (bicyclic) bond motifs is 2. The van der Waals surface area contributed by atoms with Crippen molar-refractivity contribution in [2.45, 2.75) is 51.4 Å². The zero-order valence-corrected chi connectivity index (χ0v) is 16.4. The number of anilines is 1. The van der Waals surface area contributed by atoms with Crippen molar-refractivity contribution in [3.63, 3.8) is 0 Å². The van der Waals surface area contributed by atoms with Crippen LogP contribution in [0.4, 0.5) is 5.69 Å². The topological polar surface area (TPSA) is 76.2 Å². The summed E-state index contributed by atoms with van der Waals surface area (Å²) in [6.07, 6.45) is 10.1. The number of nitrogen functional groups attached to an aromatic ring is 1. The van der Waals surface area contributed by atoms with Crippen molar-refractivity contribution in [1.29, 1.82) is 0 Å². The van der Waals surface area contributed by atoms with Crippen LogP contribution in [-0.2, 0) is 4.79 Å². The highest BCUT2D eigenvalue weighted by molar-refractivity contribution is 6.06. The molecule has 3 aromatic rings. The van der Waals surface area contributed by atoms with Gasteiger partial charge in [-0.25, -0.2) is 4.98 Å². The molecule has 3 N–H and O–H groups in total. The second-order valence-electron chi connectivity index (χ2n) is 6.90. The Bertz CT molecular complexity index is 851. The fraction of sp³-hybridized carbons (Fsp3) is 0.333. The quantitative estimate of drug-likeness (QED) is 0.258. The van der Waals surface area contributed by atoms with E-state index in [-0.39, 0.29) is 0 Å². The molecule has 0 aliphatic carbocycles. The SMILES string of the molecule is C=CCCCCCCCCC(=O)O.Nc1c2ccccc2nc2ccccc12. The lowest BCUT2D eigenvalue weighted by atomic mass is 10.1. The standard InChI is InChI=1S/C13H10N2.C11H20O2/c14-13-9-5-1-3-7-11(9)15-12-8-4-2-6-10(12)13;1-2-3-4-5-6-7-8-9-10-11(12)13/h1-8H,(H2,14,15);2H,1,3-10H2,(H,12,13). The van der Waals surface area contributed by atoms with Gasteiger partial charge in [-0.15, -0.1) is 6.58 Å². The second kappa shape index (κ2) is 11.8. The summed E-state index contributed by atoms with van der Waals surface area (Å²) in [5.74, 6) is -0.674. The van der Waals surface area contributed by atoms with Gasteiger partial charge in [-0.3, -0.25) is 4.79 Å². The second-order valence-corrected chi connectivity index (χ2v) is 6.90. The number of carboxylic acid groups (broad SMARTS) is 1. The molecule has 0 aliphatic rings. The van der Waals surface area contributed by atoms with Crippen LogP contribution in [0, 0.1) is 0 Å². The third-order valence-corrected chi connectivity index (χ3v) is 4.68. The van der Waals surface area contributed by atoms with E-state index >= 15 is 0 Å². The maximum atomic E-state index is 10.2. The number of allylic oxidation sites excluding steroid dienone is 1. The van der Waals surface area contributed by atoms with E-state index in [2.05, 4.69) is 11.6 Å². The van der Waals surface area contributed by atoms with Gasteiger partial charge in [-0.05, 0) is 31.4 Å². The monoisotopic (exact) mass is 378 g/mol. The summed E-state index contributed by atoms with van der Waals surface area (Å²) in [7, 11) is 0. The summed E-state index contributed by atoms with van der Waals surface area (Å²) in [4.78, 5) is 14.7. The van der Waals surface area contributed by atoms with Crippen LogP contribution in [0.2, 0.25) is 0 Å². The number of para-hydroxylation sites is 2. The van der Waals surface area contributed by atoms with Crippen molar-refractivity contribution in [2.24, 2.45) is 0 Å². The van der Waals surface area contributed by atoms with E-state index < -0.39 is 5.97 Å². The molecule has 0 atom stereocenters. The first-order valence-electron chi connectivity index (χ1n) is 9.99. The number of hydrogen-bond acceptors (Lipinski definition) is 3. The lowest BCUT2D eigenvalue weighted by Gasteiger charge is -2.05. The third-order valence-electron chi connectivity index (χ3n) is 4.68. The third kappa shape index (κ3) is 6.69. The Morgan fingerprint density at radius 2 is 1.39 bits per heavy atom. The average Bonchev–Trinajstić information content (AvgIpc) is 2.71. The summed E-state index contributed by atoms with van der Waals surface area (Å²) < 4.78 is 0. The molecule has 0 saturated heterocycles. The summed E-state index contributed by atoms with van der Waals surface area (Å²) in [6, 6.07) is 15.9. The predicted molar refractivity (Wildman–Crippen MR) is 118 cm³/mol. The van der Waals surface area contributed by atoms with E-state index in [1.54, 1.807) is 0 Å². The van der Waals surface area contributed by atoms with Crippen molar-refractivity contribution in [2.75, 3.05) is 5.73 Å². The molecular formula is C24H30N2O2. The molecule has 0 saturated carbocycles. The Balaban J connectivity index is 0.000000204. The Labute approximate surface area is 167 Å². The molecule has 0 amide bonds. The number of nitrogens with zero attached hydrogens (tertiary/aromatic N) is 1. The van der Waals surface area contributed by atoms with E-state index in [0.29, 0.717) is 6.42 Å². The highest BCUT2D eigenvalue weighted by Gasteiger charge is 2.04. The first-order valence-corrected chi connectivity index (χ1v) is 9.99. The van der Waals surface area contributed by atoms with Crippen LogP contribution in [-0.4, -0.2) is 16.1 Å². The van der Waals surface area contributed by atoms with Gasteiger partial charge < -0.3 is 10.8 Å². The van der Waals surface area contributed by atoms with Gasteiger partial charge in [0.2, 0.25) is 0 Å². The van der Waals surface area contributed by atoms with Gasteiger partial charge in [0.15, 0.2) is 0 Å². The largest absolute Gasteiger partial charge is 0.481 e. The maximum Gasteiger partial charge on any atom is 0.303 e. The predicted octanol–water partition coefficient (Wildman–Crippen LogP) is 6.35. The van der Waals surface area contributed by atoms with E-state index in [9.17, 15) is 4.79 Å². The van der Waals surface area contributed by atoms with Crippen LogP contribution < -0.4 is 5.73 Å². The number of pyridine rings is 1. The number of unbranched alkanes of at least 4 members (excludes halogenated alkanes) is 6. The number of nitrogens with two attached hydrogens (primary N) is 1. The molecule has 0 radical (unpaired) electrons. The summed E-state index contributed by atoms with van der Waals surface area (Å²) in [5.41, 5.74) is 8.84. The van der Waals surface area contributed by atoms with Crippen LogP contribution in [0.15, 0.2) is 61.2 Å². The molecule has 0 spiro atoms. The number of hydrogen-bond donors (Lipinski definition) is 2. The molecule has 0 bridgehead atoms. The Kier molecular flexibility index (Phi) is 8.99. The van der Waals surface area contributed by atoms with E-state index in [1.807, 2.05) is 54.6 Å². The molecule has 0 aliphatic heterocycles. The zero-order valence-electron chi connectivity index (χ0n) is 16.4.